The SMILES string of the molecule is Cc1nsc(NCc2ccc(CO)o2)n1. The van der Waals surface area contributed by atoms with Crippen LogP contribution < -0.4 is 5.32 Å². The first-order valence-corrected chi connectivity index (χ1v) is 5.28. The molecule has 0 aromatic carbocycles. The van der Waals surface area contributed by atoms with Crippen molar-refractivity contribution in [2.45, 2.75) is 20.1 Å². The second kappa shape index (κ2) is 4.41. The quantitative estimate of drug-likeness (QED) is 0.826. The van der Waals surface area contributed by atoms with Crippen molar-refractivity contribution in [2.75, 3.05) is 5.32 Å². The van der Waals surface area contributed by atoms with Gasteiger partial charge in [0.25, 0.3) is 0 Å². The van der Waals surface area contributed by atoms with Gasteiger partial charge in [0, 0.05) is 11.5 Å². The highest BCUT2D eigenvalue weighted by Gasteiger charge is 2.03. The minimum Gasteiger partial charge on any atom is -0.462 e. The zero-order valence-electron chi connectivity index (χ0n) is 8.23. The molecule has 0 amide bonds. The Morgan fingerprint density at radius 1 is 1.47 bits per heavy atom. The molecule has 0 aliphatic rings. The van der Waals surface area contributed by atoms with Gasteiger partial charge in [0.15, 0.2) is 0 Å². The van der Waals surface area contributed by atoms with Crippen molar-refractivity contribution in [3.05, 3.63) is 29.5 Å². The molecular formula is C9H11N3O2S. The van der Waals surface area contributed by atoms with E-state index >= 15 is 0 Å². The molecule has 2 aromatic heterocycles. The number of hydrogen-bond donors (Lipinski definition) is 2. The molecule has 80 valence electrons. The van der Waals surface area contributed by atoms with Crippen LogP contribution in [0.4, 0.5) is 5.13 Å². The van der Waals surface area contributed by atoms with Crippen molar-refractivity contribution >= 4 is 16.7 Å². The number of rotatable bonds is 4. The third-order valence-electron chi connectivity index (χ3n) is 1.81. The third kappa shape index (κ3) is 2.54. The van der Waals surface area contributed by atoms with E-state index in [-0.39, 0.29) is 6.61 Å². The van der Waals surface area contributed by atoms with E-state index < -0.39 is 0 Å². The molecular weight excluding hydrogens is 214 g/mol. The van der Waals surface area contributed by atoms with Crippen LogP contribution in [0.3, 0.4) is 0 Å². The van der Waals surface area contributed by atoms with Crippen LogP contribution in [-0.2, 0) is 13.2 Å². The van der Waals surface area contributed by atoms with E-state index in [1.54, 1.807) is 6.07 Å². The third-order valence-corrected chi connectivity index (χ3v) is 2.58. The minimum absolute atomic E-state index is 0.0715. The summed E-state index contributed by atoms with van der Waals surface area (Å²) in [6.07, 6.45) is 0. The fourth-order valence-electron chi connectivity index (χ4n) is 1.13. The Balaban J connectivity index is 1.93. The molecule has 2 aromatic rings. The lowest BCUT2D eigenvalue weighted by atomic mass is 10.4. The standard InChI is InChI=1S/C9H11N3O2S/c1-6-11-9(15-12-6)10-4-7-2-3-8(5-13)14-7/h2-3,13H,4-5H2,1H3,(H,10,11,12). The molecule has 2 rings (SSSR count). The number of aromatic nitrogens is 2. The van der Waals surface area contributed by atoms with E-state index in [2.05, 4.69) is 14.7 Å². The second-order valence-electron chi connectivity index (χ2n) is 3.03. The molecule has 0 saturated carbocycles. The van der Waals surface area contributed by atoms with Gasteiger partial charge in [0.2, 0.25) is 5.13 Å². The van der Waals surface area contributed by atoms with Gasteiger partial charge in [-0.2, -0.15) is 4.37 Å². The van der Waals surface area contributed by atoms with Gasteiger partial charge < -0.3 is 14.8 Å². The number of aliphatic hydroxyl groups excluding tert-OH is 1. The van der Waals surface area contributed by atoms with Crippen molar-refractivity contribution in [1.29, 1.82) is 0 Å². The Bertz CT molecular complexity index is 438. The van der Waals surface area contributed by atoms with Crippen molar-refractivity contribution in [1.82, 2.24) is 9.36 Å². The minimum atomic E-state index is -0.0715. The van der Waals surface area contributed by atoms with Gasteiger partial charge in [-0.1, -0.05) is 0 Å². The summed E-state index contributed by atoms with van der Waals surface area (Å²) in [6, 6.07) is 3.58. The summed E-state index contributed by atoms with van der Waals surface area (Å²) in [6.45, 7) is 2.32. The van der Waals surface area contributed by atoms with Gasteiger partial charge in [-0.15, -0.1) is 0 Å². The van der Waals surface area contributed by atoms with Crippen LogP contribution in [0.1, 0.15) is 17.3 Å². The van der Waals surface area contributed by atoms with Crippen LogP contribution in [-0.4, -0.2) is 14.5 Å². The van der Waals surface area contributed by atoms with Gasteiger partial charge in [-0.05, 0) is 19.1 Å². The van der Waals surface area contributed by atoms with Gasteiger partial charge in [0.05, 0.1) is 6.54 Å². The fourth-order valence-corrected chi connectivity index (χ4v) is 1.70. The van der Waals surface area contributed by atoms with Crippen LogP contribution in [0.5, 0.6) is 0 Å². The number of hydrogen-bond acceptors (Lipinski definition) is 6. The molecule has 0 radical (unpaired) electrons. The van der Waals surface area contributed by atoms with Gasteiger partial charge in [-0.3, -0.25) is 0 Å². The van der Waals surface area contributed by atoms with Crippen LogP contribution in [0.25, 0.3) is 0 Å². The summed E-state index contributed by atoms with van der Waals surface area (Å²) >= 11 is 1.32. The highest BCUT2D eigenvalue weighted by Crippen LogP contribution is 2.13. The number of nitrogens with zero attached hydrogens (tertiary/aromatic N) is 2. The van der Waals surface area contributed by atoms with E-state index in [1.165, 1.54) is 11.5 Å². The van der Waals surface area contributed by atoms with Gasteiger partial charge >= 0.3 is 0 Å². The largest absolute Gasteiger partial charge is 0.462 e. The van der Waals surface area contributed by atoms with Crippen LogP contribution in [0.15, 0.2) is 16.5 Å². The van der Waals surface area contributed by atoms with E-state index in [4.69, 9.17) is 9.52 Å². The maximum absolute atomic E-state index is 8.81. The number of aliphatic hydroxyl groups is 1. The number of nitrogens with one attached hydrogen (secondary N) is 1. The number of furan rings is 1. The predicted molar refractivity (Wildman–Crippen MR) is 56.6 cm³/mol. The summed E-state index contributed by atoms with van der Waals surface area (Å²) in [5, 5.41) is 12.7. The van der Waals surface area contributed by atoms with Crippen LogP contribution in [0.2, 0.25) is 0 Å². The molecule has 0 aliphatic heterocycles. The monoisotopic (exact) mass is 225 g/mol. The molecule has 0 fully saturated rings. The summed E-state index contributed by atoms with van der Waals surface area (Å²) in [5.41, 5.74) is 0. The van der Waals surface area contributed by atoms with Crippen molar-refractivity contribution in [3.8, 4) is 0 Å². The topological polar surface area (TPSA) is 71.2 Å². The maximum Gasteiger partial charge on any atom is 0.202 e. The Morgan fingerprint density at radius 2 is 2.27 bits per heavy atom. The summed E-state index contributed by atoms with van der Waals surface area (Å²) < 4.78 is 9.35. The van der Waals surface area contributed by atoms with Crippen LogP contribution in [0, 0.1) is 6.92 Å². The Hall–Kier alpha value is -1.40. The average Bonchev–Trinajstić information content (AvgIpc) is 2.83. The Morgan fingerprint density at radius 3 is 2.87 bits per heavy atom. The molecule has 0 bridgehead atoms. The predicted octanol–water partition coefficient (Wildman–Crippen LogP) is 1.54. The van der Waals surface area contributed by atoms with Gasteiger partial charge in [-0.25, -0.2) is 4.98 Å². The molecule has 6 heteroatoms. The van der Waals surface area contributed by atoms with Crippen molar-refractivity contribution in [3.63, 3.8) is 0 Å². The smallest absolute Gasteiger partial charge is 0.202 e. The summed E-state index contributed by atoms with van der Waals surface area (Å²) in [4.78, 5) is 4.16. The molecule has 0 aliphatic carbocycles. The second-order valence-corrected chi connectivity index (χ2v) is 3.78. The lowest BCUT2D eigenvalue weighted by Crippen LogP contribution is -1.97. The first-order valence-electron chi connectivity index (χ1n) is 4.50. The first kappa shape index (κ1) is 10.1. The number of aryl methyl sites for hydroxylation is 1. The Kier molecular flexibility index (Phi) is 2.98. The summed E-state index contributed by atoms with van der Waals surface area (Å²) in [5.74, 6) is 2.10. The molecule has 0 atom stereocenters. The molecule has 0 saturated heterocycles. The molecule has 2 N–H and O–H groups in total. The fraction of sp³-hybridized carbons (Fsp3) is 0.333. The molecule has 2 heterocycles. The highest BCUT2D eigenvalue weighted by molar-refractivity contribution is 7.09. The number of anilines is 1. The van der Waals surface area contributed by atoms with E-state index in [1.807, 2.05) is 13.0 Å². The van der Waals surface area contributed by atoms with E-state index in [0.29, 0.717) is 12.3 Å². The lowest BCUT2D eigenvalue weighted by molar-refractivity contribution is 0.244. The molecule has 0 unspecified atom stereocenters. The molecule has 5 nitrogen and oxygen atoms in total. The first-order chi connectivity index (χ1) is 7.28. The maximum atomic E-state index is 8.81. The molecule has 0 spiro atoms. The van der Waals surface area contributed by atoms with Crippen molar-refractivity contribution < 1.29 is 9.52 Å². The van der Waals surface area contributed by atoms with Crippen molar-refractivity contribution in [2.24, 2.45) is 0 Å². The highest BCUT2D eigenvalue weighted by atomic mass is 32.1. The van der Waals surface area contributed by atoms with E-state index in [0.717, 1.165) is 16.7 Å². The van der Waals surface area contributed by atoms with E-state index in [9.17, 15) is 0 Å². The zero-order valence-corrected chi connectivity index (χ0v) is 9.04. The Labute approximate surface area is 90.9 Å². The lowest BCUT2D eigenvalue weighted by Gasteiger charge is -1.97. The summed E-state index contributed by atoms with van der Waals surface area (Å²) in [7, 11) is 0. The van der Waals surface area contributed by atoms with Crippen LogP contribution >= 0.6 is 11.5 Å². The normalized spacial score (nSPS) is 10.5. The average molecular weight is 225 g/mol. The van der Waals surface area contributed by atoms with Gasteiger partial charge in [0.1, 0.15) is 24.0 Å². The molecule has 15 heavy (non-hydrogen) atoms. The zero-order chi connectivity index (χ0) is 10.7.